The minimum Gasteiger partial charge on any atom is -0.357 e. The summed E-state index contributed by atoms with van der Waals surface area (Å²) < 4.78 is 2.08. The fraction of sp³-hybridized carbons (Fsp3) is 0.412. The Morgan fingerprint density at radius 3 is 2.87 bits per heavy atom. The Labute approximate surface area is 142 Å². The van der Waals surface area contributed by atoms with Gasteiger partial charge in [0.2, 0.25) is 0 Å². The van der Waals surface area contributed by atoms with Crippen molar-refractivity contribution in [2.75, 3.05) is 25.4 Å². The van der Waals surface area contributed by atoms with Gasteiger partial charge in [0.1, 0.15) is 0 Å². The molecule has 0 spiro atoms. The average Bonchev–Trinajstić information content (AvgIpc) is 3.10. The number of benzene rings is 1. The van der Waals surface area contributed by atoms with Gasteiger partial charge < -0.3 is 15.2 Å². The molecule has 2 rings (SSSR count). The van der Waals surface area contributed by atoms with E-state index in [1.807, 2.05) is 30.4 Å². The van der Waals surface area contributed by atoms with Gasteiger partial charge in [-0.05, 0) is 25.5 Å². The molecule has 6 heteroatoms. The highest BCUT2D eigenvalue weighted by molar-refractivity contribution is 7.99. The molecule has 0 unspecified atom stereocenters. The number of guanidine groups is 1. The molecular formula is C17H25N5S. The minimum atomic E-state index is 0.805. The van der Waals surface area contributed by atoms with E-state index in [0.29, 0.717) is 0 Å². The van der Waals surface area contributed by atoms with Crippen LogP contribution in [0.4, 0.5) is 0 Å². The zero-order chi connectivity index (χ0) is 16.2. The summed E-state index contributed by atoms with van der Waals surface area (Å²) in [6, 6.07) is 10.5. The maximum atomic E-state index is 4.61. The number of nitrogens with one attached hydrogen (secondary N) is 2. The molecule has 5 nitrogen and oxygen atoms in total. The summed E-state index contributed by atoms with van der Waals surface area (Å²) in [6.45, 7) is 5.61. The van der Waals surface area contributed by atoms with Gasteiger partial charge in [-0.1, -0.05) is 18.2 Å². The molecule has 0 saturated heterocycles. The van der Waals surface area contributed by atoms with E-state index >= 15 is 0 Å². The molecule has 0 fully saturated rings. The summed E-state index contributed by atoms with van der Waals surface area (Å²) in [5, 5.41) is 6.67. The maximum absolute atomic E-state index is 4.61. The van der Waals surface area contributed by atoms with Crippen LogP contribution in [0.1, 0.15) is 13.3 Å². The molecule has 0 aliphatic carbocycles. The summed E-state index contributed by atoms with van der Waals surface area (Å²) in [4.78, 5) is 9.95. The van der Waals surface area contributed by atoms with Gasteiger partial charge >= 0.3 is 0 Å². The molecule has 1 heterocycles. The lowest BCUT2D eigenvalue weighted by atomic mass is 10.4. The Morgan fingerprint density at radius 2 is 2.13 bits per heavy atom. The van der Waals surface area contributed by atoms with Crippen molar-refractivity contribution >= 4 is 17.7 Å². The van der Waals surface area contributed by atoms with Crippen LogP contribution in [0.3, 0.4) is 0 Å². The van der Waals surface area contributed by atoms with Gasteiger partial charge in [-0.25, -0.2) is 4.98 Å². The Morgan fingerprint density at radius 1 is 1.26 bits per heavy atom. The van der Waals surface area contributed by atoms with Gasteiger partial charge in [0.15, 0.2) is 5.96 Å². The maximum Gasteiger partial charge on any atom is 0.191 e. The molecule has 0 amide bonds. The monoisotopic (exact) mass is 331 g/mol. The number of nitrogens with zero attached hydrogens (tertiary/aromatic N) is 3. The molecular weight excluding hydrogens is 306 g/mol. The second-order valence-electron chi connectivity index (χ2n) is 5.00. The predicted molar refractivity (Wildman–Crippen MR) is 98.0 cm³/mol. The molecule has 2 aromatic rings. The zero-order valence-electron chi connectivity index (χ0n) is 13.6. The number of aromatic nitrogens is 2. The summed E-state index contributed by atoms with van der Waals surface area (Å²) in [5.74, 6) is 1.91. The molecule has 0 radical (unpaired) electrons. The van der Waals surface area contributed by atoms with Crippen molar-refractivity contribution in [2.45, 2.75) is 24.8 Å². The second-order valence-corrected chi connectivity index (χ2v) is 6.17. The van der Waals surface area contributed by atoms with Crippen molar-refractivity contribution in [1.82, 2.24) is 20.2 Å². The van der Waals surface area contributed by atoms with Gasteiger partial charge in [-0.15, -0.1) is 11.8 Å². The molecule has 0 atom stereocenters. The lowest BCUT2D eigenvalue weighted by molar-refractivity contribution is 0.647. The average molecular weight is 331 g/mol. The second kappa shape index (κ2) is 10.7. The molecule has 0 bridgehead atoms. The van der Waals surface area contributed by atoms with Crippen LogP contribution in [-0.4, -0.2) is 40.9 Å². The fourth-order valence-electron chi connectivity index (χ4n) is 2.06. The number of hydrogen-bond donors (Lipinski definition) is 2. The standard InChI is InChI=1S/C17H25N5S/c1-2-19-17(20-9-6-12-22-13-10-18-15-22)21-11-14-23-16-7-4-3-5-8-16/h3-5,7-8,10,13,15H,2,6,9,11-12,14H2,1H3,(H2,19,20,21). The zero-order valence-corrected chi connectivity index (χ0v) is 14.4. The third-order valence-corrected chi connectivity index (χ3v) is 4.17. The van der Waals surface area contributed by atoms with Gasteiger partial charge in [0, 0.05) is 49.2 Å². The van der Waals surface area contributed by atoms with Crippen molar-refractivity contribution in [3.05, 3.63) is 49.1 Å². The first kappa shape index (κ1) is 17.4. The molecule has 1 aromatic carbocycles. The number of rotatable bonds is 9. The Bertz CT molecular complexity index is 554. The van der Waals surface area contributed by atoms with Crippen LogP contribution in [0.2, 0.25) is 0 Å². The molecule has 23 heavy (non-hydrogen) atoms. The normalized spacial score (nSPS) is 11.4. The van der Waals surface area contributed by atoms with E-state index in [1.165, 1.54) is 4.90 Å². The molecule has 2 N–H and O–H groups in total. The van der Waals surface area contributed by atoms with E-state index in [4.69, 9.17) is 0 Å². The van der Waals surface area contributed by atoms with Crippen LogP contribution in [0, 0.1) is 0 Å². The number of aliphatic imine (C=N–C) groups is 1. The third-order valence-electron chi connectivity index (χ3n) is 3.15. The lowest BCUT2D eigenvalue weighted by Crippen LogP contribution is -2.38. The van der Waals surface area contributed by atoms with Crippen molar-refractivity contribution < 1.29 is 0 Å². The van der Waals surface area contributed by atoms with Gasteiger partial charge in [0.05, 0.1) is 6.33 Å². The van der Waals surface area contributed by atoms with Gasteiger partial charge in [0.25, 0.3) is 0 Å². The first-order chi connectivity index (χ1) is 11.4. The molecule has 0 aliphatic heterocycles. The number of imidazole rings is 1. The lowest BCUT2D eigenvalue weighted by Gasteiger charge is -2.11. The van der Waals surface area contributed by atoms with E-state index < -0.39 is 0 Å². The van der Waals surface area contributed by atoms with Crippen molar-refractivity contribution in [3.8, 4) is 0 Å². The van der Waals surface area contributed by atoms with E-state index in [1.54, 1.807) is 6.20 Å². The summed E-state index contributed by atoms with van der Waals surface area (Å²) >= 11 is 1.85. The highest BCUT2D eigenvalue weighted by atomic mass is 32.2. The minimum absolute atomic E-state index is 0.805. The topological polar surface area (TPSA) is 54.2 Å². The largest absolute Gasteiger partial charge is 0.357 e. The summed E-state index contributed by atoms with van der Waals surface area (Å²) in [5.41, 5.74) is 0. The van der Waals surface area contributed by atoms with Crippen molar-refractivity contribution in [1.29, 1.82) is 0 Å². The Hall–Kier alpha value is -1.95. The number of hydrogen-bond acceptors (Lipinski definition) is 3. The van der Waals surface area contributed by atoms with Crippen LogP contribution >= 0.6 is 11.8 Å². The summed E-state index contributed by atoms with van der Waals surface area (Å²) in [7, 11) is 0. The van der Waals surface area contributed by atoms with Crippen LogP contribution in [-0.2, 0) is 6.54 Å². The number of aryl methyl sites for hydroxylation is 1. The molecule has 0 aliphatic rings. The van der Waals surface area contributed by atoms with Crippen molar-refractivity contribution in [3.63, 3.8) is 0 Å². The third kappa shape index (κ3) is 7.23. The first-order valence-corrected chi connectivity index (χ1v) is 9.03. The van der Waals surface area contributed by atoms with Crippen LogP contribution in [0.25, 0.3) is 0 Å². The molecule has 1 aromatic heterocycles. The van der Waals surface area contributed by atoms with E-state index in [0.717, 1.165) is 44.3 Å². The fourth-order valence-corrected chi connectivity index (χ4v) is 2.85. The Balaban J connectivity index is 1.64. The van der Waals surface area contributed by atoms with Crippen LogP contribution < -0.4 is 10.6 Å². The summed E-state index contributed by atoms with van der Waals surface area (Å²) in [6.07, 6.45) is 6.63. The molecule has 0 saturated carbocycles. The van der Waals surface area contributed by atoms with Crippen molar-refractivity contribution in [2.24, 2.45) is 4.99 Å². The smallest absolute Gasteiger partial charge is 0.191 e. The first-order valence-electron chi connectivity index (χ1n) is 8.04. The highest BCUT2D eigenvalue weighted by Crippen LogP contribution is 2.15. The van der Waals surface area contributed by atoms with Crippen LogP contribution in [0.15, 0.2) is 58.9 Å². The highest BCUT2D eigenvalue weighted by Gasteiger charge is 1.98. The van der Waals surface area contributed by atoms with Gasteiger partial charge in [-0.3, -0.25) is 4.99 Å². The van der Waals surface area contributed by atoms with Crippen LogP contribution in [0.5, 0.6) is 0 Å². The Kier molecular flexibility index (Phi) is 8.11. The van der Waals surface area contributed by atoms with E-state index in [-0.39, 0.29) is 0 Å². The predicted octanol–water partition coefficient (Wildman–Crippen LogP) is 2.62. The van der Waals surface area contributed by atoms with Gasteiger partial charge in [-0.2, -0.15) is 0 Å². The quantitative estimate of drug-likeness (QED) is 0.321. The molecule has 124 valence electrons. The van der Waals surface area contributed by atoms with E-state index in [2.05, 4.69) is 56.4 Å². The number of thioether (sulfide) groups is 1. The SMILES string of the molecule is CCNC(=NCCCn1ccnc1)NCCSc1ccccc1. The van der Waals surface area contributed by atoms with E-state index in [9.17, 15) is 0 Å².